The Morgan fingerprint density at radius 2 is 1.75 bits per heavy atom. The van der Waals surface area contributed by atoms with E-state index < -0.39 is 10.1 Å². The van der Waals surface area contributed by atoms with Crippen LogP contribution in [0, 0.1) is 0 Å². The van der Waals surface area contributed by atoms with Crippen LogP contribution in [0.3, 0.4) is 0 Å². The van der Waals surface area contributed by atoms with E-state index in [0.717, 1.165) is 37.7 Å². The van der Waals surface area contributed by atoms with Crippen LogP contribution in [0.15, 0.2) is 47.4 Å². The molecule has 0 aliphatic rings. The lowest BCUT2D eigenvalue weighted by atomic mass is 10.0. The lowest BCUT2D eigenvalue weighted by Crippen LogP contribution is -2.01. The summed E-state index contributed by atoms with van der Waals surface area (Å²) in [6, 6.07) is 10.6. The summed E-state index contributed by atoms with van der Waals surface area (Å²) >= 11 is 0. The van der Waals surface area contributed by atoms with Gasteiger partial charge in [-0.15, -0.1) is 0 Å². The molecule has 0 saturated carbocycles. The average Bonchev–Trinajstić information content (AvgIpc) is 2.53. The van der Waals surface area contributed by atoms with E-state index in [9.17, 15) is 18.1 Å². The molecule has 0 spiro atoms. The third-order valence-electron chi connectivity index (χ3n) is 3.69. The van der Waals surface area contributed by atoms with Gasteiger partial charge in [-0.3, -0.25) is 4.55 Å². The summed E-state index contributed by atoms with van der Waals surface area (Å²) in [5, 5.41) is 9.70. The van der Waals surface area contributed by atoms with Crippen molar-refractivity contribution in [2.45, 2.75) is 43.9 Å². The van der Waals surface area contributed by atoms with Gasteiger partial charge < -0.3 is 9.84 Å². The van der Waals surface area contributed by atoms with Crippen LogP contribution in [-0.2, 0) is 16.5 Å². The number of ether oxygens (including phenoxy) is 1. The minimum Gasteiger partial charge on any atom is -0.508 e. The molecule has 6 heteroatoms. The molecule has 0 atom stereocenters. The van der Waals surface area contributed by atoms with Crippen molar-refractivity contribution in [3.8, 4) is 17.2 Å². The monoisotopic (exact) mass is 350 g/mol. The zero-order valence-electron chi connectivity index (χ0n) is 13.6. The van der Waals surface area contributed by atoms with Gasteiger partial charge >= 0.3 is 0 Å². The van der Waals surface area contributed by atoms with Crippen molar-refractivity contribution >= 4 is 10.1 Å². The Bertz CT molecular complexity index is 784. The number of aryl methyl sites for hydroxylation is 1. The highest BCUT2D eigenvalue weighted by Crippen LogP contribution is 2.33. The Hall–Kier alpha value is -2.05. The van der Waals surface area contributed by atoms with Crippen molar-refractivity contribution in [2.24, 2.45) is 0 Å². The summed E-state index contributed by atoms with van der Waals surface area (Å²) in [5.41, 5.74) is 0.802. The molecular formula is C18H22O5S. The zero-order chi connectivity index (χ0) is 17.6. The third-order valence-corrected chi connectivity index (χ3v) is 4.58. The number of rotatable bonds is 8. The van der Waals surface area contributed by atoms with Gasteiger partial charge in [-0.05, 0) is 48.7 Å². The molecule has 0 aromatic heterocycles. The fraction of sp³-hybridized carbons (Fsp3) is 0.333. The zero-order valence-corrected chi connectivity index (χ0v) is 14.4. The maximum Gasteiger partial charge on any atom is 0.298 e. The Morgan fingerprint density at radius 3 is 2.46 bits per heavy atom. The third kappa shape index (κ3) is 4.97. The second kappa shape index (κ2) is 8.17. The fourth-order valence-electron chi connectivity index (χ4n) is 2.47. The van der Waals surface area contributed by atoms with Crippen molar-refractivity contribution in [1.29, 1.82) is 0 Å². The molecule has 0 aliphatic heterocycles. The molecule has 24 heavy (non-hydrogen) atoms. The van der Waals surface area contributed by atoms with E-state index in [2.05, 4.69) is 6.92 Å². The van der Waals surface area contributed by atoms with Crippen LogP contribution in [0.1, 0.15) is 38.2 Å². The van der Waals surface area contributed by atoms with Crippen molar-refractivity contribution in [2.75, 3.05) is 0 Å². The molecule has 0 bridgehead atoms. The van der Waals surface area contributed by atoms with Crippen LogP contribution in [0.4, 0.5) is 0 Å². The number of unbranched alkanes of at least 4 members (excludes halogenated alkanes) is 3. The van der Waals surface area contributed by atoms with Gasteiger partial charge in [0, 0.05) is 0 Å². The van der Waals surface area contributed by atoms with Crippen LogP contribution >= 0.6 is 0 Å². The van der Waals surface area contributed by atoms with Crippen LogP contribution in [0.2, 0.25) is 0 Å². The minimum absolute atomic E-state index is 0.0560. The SMILES string of the molecule is CCCCCCc1cc(O)ccc1Oc1ccccc1S(=O)(=O)O. The Kier molecular flexibility index (Phi) is 6.23. The van der Waals surface area contributed by atoms with Gasteiger partial charge in [0.15, 0.2) is 0 Å². The highest BCUT2D eigenvalue weighted by Gasteiger charge is 2.17. The predicted molar refractivity (Wildman–Crippen MR) is 92.3 cm³/mol. The first-order chi connectivity index (χ1) is 11.4. The normalized spacial score (nSPS) is 11.4. The van der Waals surface area contributed by atoms with E-state index in [1.807, 2.05) is 0 Å². The molecule has 0 saturated heterocycles. The quantitative estimate of drug-likeness (QED) is 0.539. The van der Waals surface area contributed by atoms with Crippen molar-refractivity contribution in [1.82, 2.24) is 0 Å². The van der Waals surface area contributed by atoms with Gasteiger partial charge in [0.1, 0.15) is 22.1 Å². The summed E-state index contributed by atoms with van der Waals surface area (Å²) in [4.78, 5) is -0.282. The molecule has 0 unspecified atom stereocenters. The number of aromatic hydroxyl groups is 1. The molecule has 0 fully saturated rings. The van der Waals surface area contributed by atoms with E-state index in [1.165, 1.54) is 24.3 Å². The van der Waals surface area contributed by atoms with Crippen molar-refractivity contribution in [3.05, 3.63) is 48.0 Å². The lowest BCUT2D eigenvalue weighted by molar-refractivity contribution is 0.440. The van der Waals surface area contributed by atoms with Crippen LogP contribution in [0.25, 0.3) is 0 Å². The summed E-state index contributed by atoms with van der Waals surface area (Å²) in [7, 11) is -4.37. The minimum atomic E-state index is -4.37. The molecule has 2 rings (SSSR count). The van der Waals surface area contributed by atoms with Crippen LogP contribution < -0.4 is 4.74 Å². The molecule has 0 heterocycles. The molecular weight excluding hydrogens is 328 g/mol. The predicted octanol–water partition coefficient (Wildman–Crippen LogP) is 4.55. The van der Waals surface area contributed by atoms with E-state index in [1.54, 1.807) is 18.2 Å². The number of phenols is 1. The van der Waals surface area contributed by atoms with Crippen LogP contribution in [-0.4, -0.2) is 18.1 Å². The Morgan fingerprint density at radius 1 is 1.00 bits per heavy atom. The smallest absolute Gasteiger partial charge is 0.298 e. The summed E-state index contributed by atoms with van der Waals surface area (Å²) in [6.45, 7) is 2.13. The number of phenolic OH excluding ortho intramolecular Hbond substituents is 1. The van der Waals surface area contributed by atoms with E-state index >= 15 is 0 Å². The summed E-state index contributed by atoms with van der Waals surface area (Å²) < 4.78 is 38.0. The fourth-order valence-corrected chi connectivity index (χ4v) is 3.08. The van der Waals surface area contributed by atoms with Crippen molar-refractivity contribution < 1.29 is 22.8 Å². The van der Waals surface area contributed by atoms with Gasteiger partial charge in [0.05, 0.1) is 0 Å². The van der Waals surface area contributed by atoms with E-state index in [4.69, 9.17) is 4.74 Å². The first-order valence-corrected chi connectivity index (χ1v) is 9.42. The van der Waals surface area contributed by atoms with E-state index in [0.29, 0.717) is 5.75 Å². The Balaban J connectivity index is 2.27. The molecule has 5 nitrogen and oxygen atoms in total. The summed E-state index contributed by atoms with van der Waals surface area (Å²) in [5.74, 6) is 0.664. The second-order valence-electron chi connectivity index (χ2n) is 5.63. The molecule has 0 radical (unpaired) electrons. The first-order valence-electron chi connectivity index (χ1n) is 7.98. The molecule has 2 N–H and O–H groups in total. The highest BCUT2D eigenvalue weighted by molar-refractivity contribution is 7.86. The van der Waals surface area contributed by atoms with Crippen LogP contribution in [0.5, 0.6) is 17.2 Å². The molecule has 2 aromatic carbocycles. The van der Waals surface area contributed by atoms with Gasteiger partial charge in [-0.25, -0.2) is 0 Å². The second-order valence-corrected chi connectivity index (χ2v) is 7.02. The largest absolute Gasteiger partial charge is 0.508 e. The molecule has 2 aromatic rings. The maximum absolute atomic E-state index is 11.5. The van der Waals surface area contributed by atoms with Gasteiger partial charge in [0.25, 0.3) is 10.1 Å². The molecule has 0 aliphatic carbocycles. The van der Waals surface area contributed by atoms with Gasteiger partial charge in [-0.1, -0.05) is 38.3 Å². The lowest BCUT2D eigenvalue weighted by Gasteiger charge is -2.13. The standard InChI is InChI=1S/C18H22O5S/c1-2-3-4-5-8-14-13-15(19)11-12-16(14)23-17-9-6-7-10-18(17)24(20,21)22/h6-7,9-13,19H,2-5,8H2,1H3,(H,20,21,22). The van der Waals surface area contributed by atoms with Crippen molar-refractivity contribution in [3.63, 3.8) is 0 Å². The Labute approximate surface area is 142 Å². The maximum atomic E-state index is 11.5. The van der Waals surface area contributed by atoms with E-state index in [-0.39, 0.29) is 16.4 Å². The van der Waals surface area contributed by atoms with Gasteiger partial charge in [-0.2, -0.15) is 8.42 Å². The highest BCUT2D eigenvalue weighted by atomic mass is 32.2. The number of hydrogen-bond donors (Lipinski definition) is 2. The number of hydrogen-bond acceptors (Lipinski definition) is 4. The number of benzene rings is 2. The molecule has 130 valence electrons. The van der Waals surface area contributed by atoms with Gasteiger partial charge in [0.2, 0.25) is 0 Å². The topological polar surface area (TPSA) is 83.8 Å². The molecule has 0 amide bonds. The number of para-hydroxylation sites is 1. The summed E-state index contributed by atoms with van der Waals surface area (Å²) in [6.07, 6.45) is 5.02. The average molecular weight is 350 g/mol. The first kappa shape index (κ1) is 18.3.